The van der Waals surface area contributed by atoms with Crippen molar-refractivity contribution in [1.29, 1.82) is 0 Å². The van der Waals surface area contributed by atoms with Crippen LogP contribution >= 0.6 is 35.0 Å². The van der Waals surface area contributed by atoms with Crippen LogP contribution < -0.4 is 5.56 Å². The lowest BCUT2D eigenvalue weighted by Gasteiger charge is -2.07. The third-order valence-corrected chi connectivity index (χ3v) is 3.54. The number of rotatable bonds is 3. The molecule has 2 heterocycles. The monoisotopic (exact) mass is 355 g/mol. The van der Waals surface area contributed by atoms with Gasteiger partial charge in [0.05, 0.1) is 0 Å². The summed E-state index contributed by atoms with van der Waals surface area (Å²) in [6.45, 7) is 0. The molecule has 0 unspecified atom stereocenters. The number of aromatic nitrogens is 3. The Morgan fingerprint density at radius 2 is 1.76 bits per heavy atom. The number of pyridine rings is 1. The van der Waals surface area contributed by atoms with E-state index in [1.807, 2.05) is 0 Å². The Bertz CT molecular complexity index is 700. The zero-order valence-corrected chi connectivity index (χ0v) is 12.4. The van der Waals surface area contributed by atoms with E-state index in [0.717, 1.165) is 11.8 Å². The van der Waals surface area contributed by atoms with E-state index in [0.29, 0.717) is 11.6 Å². The van der Waals surface area contributed by atoms with E-state index >= 15 is 0 Å². The topological polar surface area (TPSA) is 58.6 Å². The van der Waals surface area contributed by atoms with Crippen molar-refractivity contribution in [3.63, 3.8) is 0 Å². The highest BCUT2D eigenvalue weighted by atomic mass is 35.5. The van der Waals surface area contributed by atoms with E-state index in [2.05, 4.69) is 15.0 Å². The van der Waals surface area contributed by atoms with Crippen LogP contribution in [0.4, 0.5) is 13.2 Å². The Labute approximate surface area is 130 Å². The van der Waals surface area contributed by atoms with E-state index in [-0.39, 0.29) is 21.2 Å². The largest absolute Gasteiger partial charge is 0.433 e. The van der Waals surface area contributed by atoms with E-state index < -0.39 is 17.4 Å². The summed E-state index contributed by atoms with van der Waals surface area (Å²) in [5, 5.41) is 0.200. The average Bonchev–Trinajstić information content (AvgIpc) is 2.33. The number of H-pyrrole nitrogens is 1. The molecule has 2 aromatic rings. The minimum absolute atomic E-state index is 0.140. The van der Waals surface area contributed by atoms with E-state index in [1.165, 1.54) is 12.1 Å². The average molecular weight is 356 g/mol. The number of nitrogens with zero attached hydrogens (tertiary/aromatic N) is 2. The molecule has 0 amide bonds. The van der Waals surface area contributed by atoms with Crippen molar-refractivity contribution in [2.75, 3.05) is 0 Å². The summed E-state index contributed by atoms with van der Waals surface area (Å²) in [4.78, 5) is 20.6. The van der Waals surface area contributed by atoms with Crippen LogP contribution in [0.5, 0.6) is 0 Å². The molecule has 2 aromatic heterocycles. The summed E-state index contributed by atoms with van der Waals surface area (Å²) in [6.07, 6.45) is -4.67. The second-order valence-corrected chi connectivity index (χ2v) is 5.58. The highest BCUT2D eigenvalue weighted by Crippen LogP contribution is 2.28. The maximum atomic E-state index is 12.5. The third-order valence-electron chi connectivity index (χ3n) is 2.21. The summed E-state index contributed by atoms with van der Waals surface area (Å²) in [6, 6.07) is 3.45. The first kappa shape index (κ1) is 16.1. The Kier molecular flexibility index (Phi) is 4.80. The van der Waals surface area contributed by atoms with Crippen molar-refractivity contribution < 1.29 is 13.2 Å². The van der Waals surface area contributed by atoms with Crippen molar-refractivity contribution in [3.8, 4) is 0 Å². The van der Waals surface area contributed by atoms with Crippen LogP contribution in [0.2, 0.25) is 10.3 Å². The lowest BCUT2D eigenvalue weighted by atomic mass is 10.3. The summed E-state index contributed by atoms with van der Waals surface area (Å²) in [7, 11) is 0. The molecule has 4 nitrogen and oxygen atoms in total. The number of alkyl halides is 3. The molecule has 112 valence electrons. The van der Waals surface area contributed by atoms with Crippen LogP contribution in [0, 0.1) is 0 Å². The first-order valence-electron chi connectivity index (χ1n) is 5.37. The minimum atomic E-state index is -4.67. The molecule has 1 N–H and O–H groups in total. The molecule has 0 aliphatic heterocycles. The smallest absolute Gasteiger partial charge is 0.301 e. The van der Waals surface area contributed by atoms with Gasteiger partial charge >= 0.3 is 6.18 Å². The second kappa shape index (κ2) is 6.25. The zero-order valence-electron chi connectivity index (χ0n) is 10.0. The van der Waals surface area contributed by atoms with Crippen molar-refractivity contribution in [3.05, 3.63) is 50.1 Å². The number of aromatic amines is 1. The van der Waals surface area contributed by atoms with Crippen molar-refractivity contribution >= 4 is 35.0 Å². The predicted molar refractivity (Wildman–Crippen MR) is 73.7 cm³/mol. The molecule has 0 radical (unpaired) electrons. The SMILES string of the molecule is O=c1cc(C(F)(F)F)nc(SCc2cc(Cl)nc(Cl)c2)[nH]1. The van der Waals surface area contributed by atoms with Gasteiger partial charge in [0.2, 0.25) is 0 Å². The Morgan fingerprint density at radius 3 is 2.33 bits per heavy atom. The molecule has 21 heavy (non-hydrogen) atoms. The molecular weight excluding hydrogens is 350 g/mol. The molecule has 0 saturated heterocycles. The molecule has 0 saturated carbocycles. The van der Waals surface area contributed by atoms with Gasteiger partial charge < -0.3 is 4.98 Å². The molecular formula is C11H6Cl2F3N3OS. The summed E-state index contributed by atoms with van der Waals surface area (Å²) < 4.78 is 37.6. The molecule has 0 aromatic carbocycles. The molecule has 0 aliphatic carbocycles. The number of nitrogens with one attached hydrogen (secondary N) is 1. The van der Waals surface area contributed by atoms with Gasteiger partial charge in [0.25, 0.3) is 5.56 Å². The molecule has 2 rings (SSSR count). The van der Waals surface area contributed by atoms with Gasteiger partial charge in [0.1, 0.15) is 10.3 Å². The minimum Gasteiger partial charge on any atom is -0.301 e. The van der Waals surface area contributed by atoms with Gasteiger partial charge in [0.15, 0.2) is 10.9 Å². The zero-order chi connectivity index (χ0) is 15.6. The molecule has 0 aliphatic rings. The van der Waals surface area contributed by atoms with Crippen LogP contribution in [0.1, 0.15) is 11.3 Å². The van der Waals surface area contributed by atoms with Crippen molar-refractivity contribution in [2.24, 2.45) is 0 Å². The van der Waals surface area contributed by atoms with E-state index in [9.17, 15) is 18.0 Å². The number of halogens is 5. The summed E-state index contributed by atoms with van der Waals surface area (Å²) >= 11 is 12.4. The maximum Gasteiger partial charge on any atom is 0.433 e. The van der Waals surface area contributed by atoms with Crippen LogP contribution in [0.3, 0.4) is 0 Å². The summed E-state index contributed by atoms with van der Waals surface area (Å²) in [5.41, 5.74) is -1.46. The van der Waals surface area contributed by atoms with Crippen molar-refractivity contribution in [1.82, 2.24) is 15.0 Å². The number of hydrogen-bond donors (Lipinski definition) is 1. The first-order valence-corrected chi connectivity index (χ1v) is 7.11. The summed E-state index contributed by atoms with van der Waals surface area (Å²) in [5.74, 6) is 0.228. The lowest BCUT2D eigenvalue weighted by Crippen LogP contribution is -2.16. The lowest BCUT2D eigenvalue weighted by molar-refractivity contribution is -0.141. The fourth-order valence-corrected chi connectivity index (χ4v) is 2.71. The molecule has 0 fully saturated rings. The third kappa shape index (κ3) is 4.62. The standard InChI is InChI=1S/C11H6Cl2F3N3OS/c12-7-1-5(2-8(13)18-7)4-21-10-17-6(11(14,15)16)3-9(20)19-10/h1-3H,4H2,(H,17,19,20). The van der Waals surface area contributed by atoms with Gasteiger partial charge in [-0.2, -0.15) is 13.2 Å². The van der Waals surface area contributed by atoms with E-state index in [1.54, 1.807) is 0 Å². The predicted octanol–water partition coefficient (Wildman–Crippen LogP) is 3.78. The molecule has 0 atom stereocenters. The van der Waals surface area contributed by atoms with Gasteiger partial charge in [-0.25, -0.2) is 9.97 Å². The van der Waals surface area contributed by atoms with Gasteiger partial charge in [0, 0.05) is 11.8 Å². The van der Waals surface area contributed by atoms with E-state index in [4.69, 9.17) is 23.2 Å². The fraction of sp³-hybridized carbons (Fsp3) is 0.182. The second-order valence-electron chi connectivity index (χ2n) is 3.84. The number of hydrogen-bond acceptors (Lipinski definition) is 4. The molecule has 0 bridgehead atoms. The quantitative estimate of drug-likeness (QED) is 0.517. The highest BCUT2D eigenvalue weighted by molar-refractivity contribution is 7.98. The van der Waals surface area contributed by atoms with Crippen molar-refractivity contribution in [2.45, 2.75) is 17.1 Å². The highest BCUT2D eigenvalue weighted by Gasteiger charge is 2.33. The Morgan fingerprint density at radius 1 is 1.14 bits per heavy atom. The normalized spacial score (nSPS) is 11.7. The number of thioether (sulfide) groups is 1. The Balaban J connectivity index is 2.20. The molecule has 0 spiro atoms. The van der Waals surface area contributed by atoms with Gasteiger partial charge in [-0.15, -0.1) is 0 Å². The van der Waals surface area contributed by atoms with Gasteiger partial charge in [-0.3, -0.25) is 4.79 Å². The van der Waals surface area contributed by atoms with Gasteiger partial charge in [-0.05, 0) is 17.7 Å². The van der Waals surface area contributed by atoms with Gasteiger partial charge in [-0.1, -0.05) is 35.0 Å². The molecule has 10 heteroatoms. The first-order chi connectivity index (χ1) is 9.74. The van der Waals surface area contributed by atoms with Crippen LogP contribution in [-0.2, 0) is 11.9 Å². The Hall–Kier alpha value is -1.25. The maximum absolute atomic E-state index is 12.5. The fourth-order valence-electron chi connectivity index (χ4n) is 1.40. The van der Waals surface area contributed by atoms with Crippen LogP contribution in [-0.4, -0.2) is 15.0 Å². The van der Waals surface area contributed by atoms with Crippen LogP contribution in [0.15, 0.2) is 28.2 Å². The van der Waals surface area contributed by atoms with Crippen LogP contribution in [0.25, 0.3) is 0 Å².